The second-order valence-corrected chi connectivity index (χ2v) is 6.22. The number of amides is 3. The number of halogens is 2. The Hall–Kier alpha value is -3.37. The third-order valence-electron chi connectivity index (χ3n) is 4.28. The summed E-state index contributed by atoms with van der Waals surface area (Å²) in [5.74, 6) is -4.30. The zero-order chi connectivity index (χ0) is 19.8. The lowest BCUT2D eigenvalue weighted by molar-refractivity contribution is -0.136. The summed E-state index contributed by atoms with van der Waals surface area (Å²) in [5.41, 5.74) is 8.81. The van der Waals surface area contributed by atoms with E-state index in [2.05, 4.69) is 15.5 Å². The third kappa shape index (κ3) is 3.61. The van der Waals surface area contributed by atoms with Gasteiger partial charge in [-0.3, -0.25) is 14.4 Å². The molecule has 0 aliphatic heterocycles. The van der Waals surface area contributed by atoms with E-state index in [4.69, 9.17) is 16.0 Å². The molecule has 1 fully saturated rings. The van der Waals surface area contributed by atoms with Gasteiger partial charge in [-0.25, -0.2) is 8.78 Å². The van der Waals surface area contributed by atoms with Crippen LogP contribution in [0.1, 0.15) is 31.2 Å². The van der Waals surface area contributed by atoms with Crippen LogP contribution in [0.4, 0.5) is 8.78 Å². The summed E-state index contributed by atoms with van der Waals surface area (Å²) in [7, 11) is 0. The second kappa shape index (κ2) is 6.74. The van der Waals surface area contributed by atoms with Gasteiger partial charge in [-0.05, 0) is 31.0 Å². The number of hydrogen-bond acceptors (Lipinski definition) is 6. The van der Waals surface area contributed by atoms with Gasteiger partial charge in [0.1, 0.15) is 23.1 Å². The zero-order valence-corrected chi connectivity index (χ0v) is 13.9. The molecule has 5 N–H and O–H groups in total. The molecule has 0 saturated heterocycles. The van der Waals surface area contributed by atoms with E-state index in [-0.39, 0.29) is 30.1 Å². The summed E-state index contributed by atoms with van der Waals surface area (Å²) in [6, 6.07) is 1.55. The molecule has 1 heterocycles. The Labute approximate surface area is 151 Å². The van der Waals surface area contributed by atoms with Crippen molar-refractivity contribution < 1.29 is 27.7 Å². The molecule has 142 valence electrons. The van der Waals surface area contributed by atoms with Crippen LogP contribution in [-0.2, 0) is 14.4 Å². The first-order chi connectivity index (χ1) is 12.7. The van der Waals surface area contributed by atoms with E-state index in [1.807, 2.05) is 0 Å². The molecule has 9 nitrogen and oxygen atoms in total. The number of hydrogen-bond donors (Lipinski definition) is 3. The van der Waals surface area contributed by atoms with E-state index in [1.54, 1.807) is 0 Å². The molecule has 0 radical (unpaired) electrons. The van der Waals surface area contributed by atoms with Gasteiger partial charge in [-0.2, -0.15) is 4.98 Å². The van der Waals surface area contributed by atoms with Crippen molar-refractivity contribution in [2.75, 3.05) is 0 Å². The molecule has 1 aliphatic rings. The Balaban J connectivity index is 1.87. The molecule has 27 heavy (non-hydrogen) atoms. The van der Waals surface area contributed by atoms with Crippen LogP contribution in [-0.4, -0.2) is 27.9 Å². The number of carbonyl (C=O) groups is 3. The van der Waals surface area contributed by atoms with Gasteiger partial charge >= 0.3 is 0 Å². The Kier molecular flexibility index (Phi) is 4.60. The predicted octanol–water partition coefficient (Wildman–Crippen LogP) is 0.313. The highest BCUT2D eigenvalue weighted by Gasteiger charge is 2.56. The monoisotopic (exact) mass is 379 g/mol. The number of carbonyl (C=O) groups excluding carboxylic acids is 3. The van der Waals surface area contributed by atoms with Crippen LogP contribution in [0, 0.1) is 17.0 Å². The maximum Gasteiger partial charge on any atom is 0.250 e. The molecule has 2 aromatic rings. The molecule has 1 atom stereocenters. The number of nitrogens with zero attached hydrogens (tertiary/aromatic N) is 2. The molecule has 1 aromatic carbocycles. The average Bonchev–Trinajstić information content (AvgIpc) is 3.28. The Bertz CT molecular complexity index is 925. The zero-order valence-electron chi connectivity index (χ0n) is 13.9. The molecule has 1 aromatic heterocycles. The van der Waals surface area contributed by atoms with Gasteiger partial charge in [-0.15, -0.1) is 0 Å². The standard InChI is InChI=1S/C16H15F2N5O4/c17-7-1-2-9(18)8(5-7)12-22-13(27-23-12)10(6-11(19)24)21-15(26)16(3-4-16)14(20)25/h1-2,5,10H,3-4,6H2,(H2,19,24)(H2,20,25)(H,21,26)/t10-/m0/s1. The van der Waals surface area contributed by atoms with Crippen molar-refractivity contribution in [2.24, 2.45) is 16.9 Å². The number of primary amides is 2. The average molecular weight is 379 g/mol. The van der Waals surface area contributed by atoms with Crippen molar-refractivity contribution in [2.45, 2.75) is 25.3 Å². The number of rotatable bonds is 7. The summed E-state index contributed by atoms with van der Waals surface area (Å²) in [5, 5.41) is 5.98. The number of aromatic nitrogens is 2. The van der Waals surface area contributed by atoms with Crippen molar-refractivity contribution in [3.05, 3.63) is 35.7 Å². The lowest BCUT2D eigenvalue weighted by atomic mass is 10.0. The van der Waals surface area contributed by atoms with Crippen LogP contribution in [0.15, 0.2) is 22.7 Å². The SMILES string of the molecule is NC(=O)C[C@H](NC(=O)C1(C(N)=O)CC1)c1nc(-c2cc(F)ccc2F)no1. The van der Waals surface area contributed by atoms with E-state index < -0.39 is 47.2 Å². The van der Waals surface area contributed by atoms with Gasteiger partial charge in [0.2, 0.25) is 29.4 Å². The first-order valence-corrected chi connectivity index (χ1v) is 7.91. The molecular weight excluding hydrogens is 364 g/mol. The topological polar surface area (TPSA) is 154 Å². The number of nitrogens with one attached hydrogen (secondary N) is 1. The fourth-order valence-electron chi connectivity index (χ4n) is 2.56. The van der Waals surface area contributed by atoms with E-state index in [1.165, 1.54) is 0 Å². The lowest BCUT2D eigenvalue weighted by Gasteiger charge is -2.17. The Morgan fingerprint density at radius 2 is 1.96 bits per heavy atom. The minimum Gasteiger partial charge on any atom is -0.370 e. The van der Waals surface area contributed by atoms with Crippen LogP contribution >= 0.6 is 0 Å². The smallest absolute Gasteiger partial charge is 0.250 e. The van der Waals surface area contributed by atoms with Crippen molar-refractivity contribution in [1.29, 1.82) is 0 Å². The third-order valence-corrected chi connectivity index (χ3v) is 4.28. The van der Waals surface area contributed by atoms with E-state index in [0.717, 1.165) is 18.2 Å². The van der Waals surface area contributed by atoms with Crippen molar-refractivity contribution in [3.8, 4) is 11.4 Å². The molecule has 0 unspecified atom stereocenters. The van der Waals surface area contributed by atoms with Gasteiger partial charge in [0, 0.05) is 0 Å². The van der Waals surface area contributed by atoms with Crippen molar-refractivity contribution in [1.82, 2.24) is 15.5 Å². The van der Waals surface area contributed by atoms with Crippen LogP contribution in [0.2, 0.25) is 0 Å². The minimum atomic E-state index is -1.34. The van der Waals surface area contributed by atoms with E-state index in [0.29, 0.717) is 0 Å². The van der Waals surface area contributed by atoms with Gasteiger partial charge in [0.05, 0.1) is 12.0 Å². The first-order valence-electron chi connectivity index (χ1n) is 7.91. The quantitative estimate of drug-likeness (QED) is 0.588. The highest BCUT2D eigenvalue weighted by molar-refractivity contribution is 6.07. The summed E-state index contributed by atoms with van der Waals surface area (Å²) in [6.45, 7) is 0. The highest BCUT2D eigenvalue weighted by atomic mass is 19.1. The lowest BCUT2D eigenvalue weighted by Crippen LogP contribution is -2.43. The normalized spacial score (nSPS) is 15.8. The molecule has 3 amide bonds. The summed E-state index contributed by atoms with van der Waals surface area (Å²) >= 11 is 0. The number of nitrogens with two attached hydrogens (primary N) is 2. The Morgan fingerprint density at radius 3 is 2.56 bits per heavy atom. The second-order valence-electron chi connectivity index (χ2n) is 6.22. The Morgan fingerprint density at radius 1 is 1.26 bits per heavy atom. The number of benzene rings is 1. The molecule has 1 aliphatic carbocycles. The van der Waals surface area contributed by atoms with Crippen LogP contribution < -0.4 is 16.8 Å². The fraction of sp³-hybridized carbons (Fsp3) is 0.312. The minimum absolute atomic E-state index is 0.249. The van der Waals surface area contributed by atoms with Gasteiger partial charge in [-0.1, -0.05) is 5.16 Å². The van der Waals surface area contributed by atoms with Gasteiger partial charge < -0.3 is 21.3 Å². The summed E-state index contributed by atoms with van der Waals surface area (Å²) in [4.78, 5) is 39.0. The molecule has 0 spiro atoms. The van der Waals surface area contributed by atoms with Gasteiger partial charge in [0.15, 0.2) is 0 Å². The van der Waals surface area contributed by atoms with Crippen molar-refractivity contribution in [3.63, 3.8) is 0 Å². The molecule has 11 heteroatoms. The van der Waals surface area contributed by atoms with Crippen molar-refractivity contribution >= 4 is 17.7 Å². The van der Waals surface area contributed by atoms with E-state index in [9.17, 15) is 23.2 Å². The summed E-state index contributed by atoms with van der Waals surface area (Å²) in [6.07, 6.45) is 0.149. The molecule has 3 rings (SSSR count). The first kappa shape index (κ1) is 18.4. The largest absolute Gasteiger partial charge is 0.370 e. The molecular formula is C16H15F2N5O4. The van der Waals surface area contributed by atoms with Crippen LogP contribution in [0.5, 0.6) is 0 Å². The summed E-state index contributed by atoms with van der Waals surface area (Å²) < 4.78 is 32.2. The maximum absolute atomic E-state index is 13.9. The van der Waals surface area contributed by atoms with E-state index >= 15 is 0 Å². The van der Waals surface area contributed by atoms with Crippen LogP contribution in [0.25, 0.3) is 11.4 Å². The fourth-order valence-corrected chi connectivity index (χ4v) is 2.56. The molecule has 0 bridgehead atoms. The van der Waals surface area contributed by atoms with Crippen LogP contribution in [0.3, 0.4) is 0 Å². The van der Waals surface area contributed by atoms with Gasteiger partial charge in [0.25, 0.3) is 0 Å². The highest BCUT2D eigenvalue weighted by Crippen LogP contribution is 2.46. The maximum atomic E-state index is 13.9. The predicted molar refractivity (Wildman–Crippen MR) is 85.2 cm³/mol. The molecule has 1 saturated carbocycles.